The summed E-state index contributed by atoms with van der Waals surface area (Å²) in [6.07, 6.45) is 8.00. The molecule has 0 fully saturated rings. The van der Waals surface area contributed by atoms with E-state index in [2.05, 4.69) is 12.8 Å². The van der Waals surface area contributed by atoms with Gasteiger partial charge < -0.3 is 51.8 Å². The van der Waals surface area contributed by atoms with Crippen LogP contribution in [0.25, 0.3) is 0 Å². The number of halogens is 12. The molecule has 0 aromatic rings. The topological polar surface area (TPSA) is 0 Å². The van der Waals surface area contributed by atoms with Crippen LogP contribution in [-0.4, -0.2) is 73.1 Å². The summed E-state index contributed by atoms with van der Waals surface area (Å²) in [5.74, 6) is 0. The summed E-state index contributed by atoms with van der Waals surface area (Å²) in [6.45, 7) is 0. The molecule has 0 saturated carbocycles. The van der Waals surface area contributed by atoms with Gasteiger partial charge in [-0.05, 0) is 0 Å². The molecule has 0 heterocycles. The number of hydrogen-bond acceptors (Lipinski definition) is 0. The number of terminal acetylenes is 1. The molecule has 0 unspecified atom stereocenters. The maximum atomic E-state index is 9.75. The van der Waals surface area contributed by atoms with E-state index in [1.54, 1.807) is 0 Å². The van der Waals surface area contributed by atoms with Crippen LogP contribution in [0.5, 0.6) is 0 Å². The van der Waals surface area contributed by atoms with Crippen LogP contribution in [0.4, 0.5) is 51.8 Å². The standard InChI is InChI=1S/C2H2.3BF4.K.H/c1-2;3*2-1(3,4)5;;/h1-2H;;;;;/q;3*-1;;. The molecule has 0 atom stereocenters. The summed E-state index contributed by atoms with van der Waals surface area (Å²) in [4.78, 5) is 0. The molecule has 0 bridgehead atoms. The first-order valence-corrected chi connectivity index (χ1v) is 2.95. The van der Waals surface area contributed by atoms with Gasteiger partial charge in [0.15, 0.2) is 0 Å². The molecule has 0 N–H and O–H groups in total. The monoisotopic (exact) mass is 327 g/mol. The fraction of sp³-hybridized carbons (Fsp3) is 0. The Labute approximate surface area is 137 Å². The minimum atomic E-state index is -6.00. The Morgan fingerprint density at radius 3 is 0.389 bits per heavy atom. The van der Waals surface area contributed by atoms with Gasteiger partial charge in [0.25, 0.3) is 0 Å². The summed E-state index contributed by atoms with van der Waals surface area (Å²) in [7, 11) is -18.0. The second-order valence-corrected chi connectivity index (χ2v) is 1.48. The van der Waals surface area contributed by atoms with Gasteiger partial charge in [-0.15, -0.1) is 12.8 Å². The van der Waals surface area contributed by atoms with E-state index in [-0.39, 0.29) is 51.4 Å². The molecule has 0 saturated heterocycles. The first-order chi connectivity index (χ1) is 7.00. The Morgan fingerprint density at radius 1 is 0.389 bits per heavy atom. The van der Waals surface area contributed by atoms with Crippen molar-refractivity contribution < 1.29 is 51.8 Å². The van der Waals surface area contributed by atoms with Crippen LogP contribution in [0.15, 0.2) is 0 Å². The van der Waals surface area contributed by atoms with Crippen LogP contribution in [-0.2, 0) is 0 Å². The maximum absolute atomic E-state index is 9.75. The van der Waals surface area contributed by atoms with Crippen molar-refractivity contribution in [3.8, 4) is 12.8 Å². The van der Waals surface area contributed by atoms with Crippen molar-refractivity contribution in [2.24, 2.45) is 0 Å². The summed E-state index contributed by atoms with van der Waals surface area (Å²) in [6, 6.07) is 0. The zero-order valence-corrected chi connectivity index (χ0v) is 7.42. The molecular weight excluding hydrogens is 324 g/mol. The van der Waals surface area contributed by atoms with Crippen molar-refractivity contribution in [3.63, 3.8) is 0 Å². The molecule has 0 rings (SSSR count). The van der Waals surface area contributed by atoms with Gasteiger partial charge >= 0.3 is 73.1 Å². The van der Waals surface area contributed by atoms with Crippen LogP contribution < -0.4 is 0 Å². The molecule has 16 heteroatoms. The summed E-state index contributed by atoms with van der Waals surface area (Å²) < 4.78 is 117. The molecule has 0 amide bonds. The third-order valence-electron chi connectivity index (χ3n) is 0. The predicted molar refractivity (Wildman–Crippen MR) is 47.6 cm³/mol. The van der Waals surface area contributed by atoms with E-state index in [4.69, 9.17) is 0 Å². The van der Waals surface area contributed by atoms with Crippen molar-refractivity contribution in [1.82, 2.24) is 0 Å². The number of hydrogen-bond donors (Lipinski definition) is 0. The third kappa shape index (κ3) is 13200. The van der Waals surface area contributed by atoms with Crippen molar-refractivity contribution >= 4 is 73.1 Å². The van der Waals surface area contributed by atoms with Crippen LogP contribution in [0.2, 0.25) is 0 Å². The van der Waals surface area contributed by atoms with Gasteiger partial charge in [-0.2, -0.15) is 0 Å². The zero-order chi connectivity index (χ0) is 15.5. The third-order valence-corrected chi connectivity index (χ3v) is 0. The van der Waals surface area contributed by atoms with Crippen molar-refractivity contribution in [2.75, 3.05) is 0 Å². The molecule has 0 nitrogen and oxygen atoms in total. The molecule has 0 radical (unpaired) electrons. The van der Waals surface area contributed by atoms with E-state index in [9.17, 15) is 51.8 Å². The predicted octanol–water partition coefficient (Wildman–Crippen LogP) is 3.50. The van der Waals surface area contributed by atoms with Gasteiger partial charge in [0.1, 0.15) is 0 Å². The molecule has 0 aromatic heterocycles. The van der Waals surface area contributed by atoms with Crippen LogP contribution >= 0.6 is 0 Å². The van der Waals surface area contributed by atoms with Gasteiger partial charge in [0.2, 0.25) is 0 Å². The Balaban J connectivity index is -0.0000000427. The summed E-state index contributed by atoms with van der Waals surface area (Å²) >= 11 is 0. The fourth-order valence-corrected chi connectivity index (χ4v) is 0. The second kappa shape index (κ2) is 14.0. The SMILES string of the molecule is C#C.F[B-](F)(F)F.F[B-](F)(F)F.F[B-](F)(F)F.[KH]. The Kier molecular flexibility index (Phi) is 24.2. The van der Waals surface area contributed by atoms with E-state index in [0.29, 0.717) is 0 Å². The second-order valence-electron chi connectivity index (χ2n) is 1.48. The van der Waals surface area contributed by atoms with Crippen molar-refractivity contribution in [1.29, 1.82) is 0 Å². The first kappa shape index (κ1) is 31.1. The molecule has 0 aliphatic heterocycles. The molecule has 0 aliphatic rings. The summed E-state index contributed by atoms with van der Waals surface area (Å²) in [5, 5.41) is 0. The van der Waals surface area contributed by atoms with E-state index < -0.39 is 21.8 Å². The quantitative estimate of drug-likeness (QED) is 0.363. The molecular formula is C2H3B3F12K-3. The average molecular weight is 327 g/mol. The molecule has 0 aromatic carbocycles. The van der Waals surface area contributed by atoms with E-state index >= 15 is 0 Å². The van der Waals surface area contributed by atoms with E-state index in [0.717, 1.165) is 0 Å². The Bertz CT molecular complexity index is 130. The fourth-order valence-electron chi connectivity index (χ4n) is 0. The molecule has 0 spiro atoms. The van der Waals surface area contributed by atoms with Gasteiger partial charge in [-0.3, -0.25) is 0 Å². The minimum absolute atomic E-state index is 0. The average Bonchev–Trinajstić information content (AvgIpc) is 1.77. The van der Waals surface area contributed by atoms with E-state index in [1.165, 1.54) is 0 Å². The van der Waals surface area contributed by atoms with Gasteiger partial charge in [-0.1, -0.05) is 0 Å². The zero-order valence-electron chi connectivity index (χ0n) is 7.42. The van der Waals surface area contributed by atoms with Gasteiger partial charge in [-0.25, -0.2) is 0 Å². The van der Waals surface area contributed by atoms with Crippen LogP contribution in [0.1, 0.15) is 0 Å². The van der Waals surface area contributed by atoms with Crippen LogP contribution in [0, 0.1) is 12.8 Å². The summed E-state index contributed by atoms with van der Waals surface area (Å²) in [5.41, 5.74) is 0. The van der Waals surface area contributed by atoms with Crippen molar-refractivity contribution in [2.45, 2.75) is 0 Å². The number of rotatable bonds is 0. The first-order valence-electron chi connectivity index (χ1n) is 2.95. The Hall–Kier alpha value is 0.551. The van der Waals surface area contributed by atoms with Crippen LogP contribution in [0.3, 0.4) is 0 Å². The molecule has 0 aliphatic carbocycles. The van der Waals surface area contributed by atoms with Crippen molar-refractivity contribution in [3.05, 3.63) is 0 Å². The van der Waals surface area contributed by atoms with Gasteiger partial charge in [0, 0.05) is 0 Å². The molecule has 108 valence electrons. The molecule has 18 heavy (non-hydrogen) atoms. The van der Waals surface area contributed by atoms with E-state index in [1.807, 2.05) is 0 Å². The normalized spacial score (nSPS) is 10.1. The van der Waals surface area contributed by atoms with Gasteiger partial charge in [0.05, 0.1) is 0 Å². The Morgan fingerprint density at radius 2 is 0.389 bits per heavy atom.